The minimum atomic E-state index is -1.08. The van der Waals surface area contributed by atoms with E-state index in [9.17, 15) is 9.90 Å². The summed E-state index contributed by atoms with van der Waals surface area (Å²) < 4.78 is 0. The number of carboxylic acids is 1. The van der Waals surface area contributed by atoms with Crippen LogP contribution in [0, 0.1) is 0 Å². The molecule has 0 atom stereocenters. The van der Waals surface area contributed by atoms with E-state index in [1.807, 2.05) is 0 Å². The number of aromatic carboxylic acids is 1. The Hall–Kier alpha value is -2.89. The van der Waals surface area contributed by atoms with Crippen molar-refractivity contribution in [2.45, 2.75) is 0 Å². The molecule has 0 aromatic heterocycles. The fourth-order valence-electron chi connectivity index (χ4n) is 1.48. The predicted octanol–water partition coefficient (Wildman–Crippen LogP) is 3.09. The predicted molar refractivity (Wildman–Crippen MR) is 70.1 cm³/mol. The van der Waals surface area contributed by atoms with Gasteiger partial charge in [-0.2, -0.15) is 0 Å². The molecule has 4 N–H and O–H groups in total. The quantitative estimate of drug-likeness (QED) is 0.579. The fourth-order valence-corrected chi connectivity index (χ4v) is 1.48. The van der Waals surface area contributed by atoms with E-state index in [-0.39, 0.29) is 22.7 Å². The highest BCUT2D eigenvalue weighted by Gasteiger charge is 2.08. The number of nitrogen functional groups attached to an aromatic ring is 1. The maximum atomic E-state index is 11.0. The molecule has 2 rings (SSSR count). The summed E-state index contributed by atoms with van der Waals surface area (Å²) in [5.74, 6) is -1.05. The molecule has 0 aliphatic heterocycles. The van der Waals surface area contributed by atoms with Crippen LogP contribution in [0.5, 0.6) is 5.75 Å². The molecule has 6 heteroatoms. The Balaban J connectivity index is 2.35. The number of phenols is 1. The van der Waals surface area contributed by atoms with Crippen molar-refractivity contribution in [1.82, 2.24) is 0 Å². The van der Waals surface area contributed by atoms with Gasteiger partial charge in [0.15, 0.2) is 0 Å². The maximum absolute atomic E-state index is 11.0. The molecule has 0 spiro atoms. The van der Waals surface area contributed by atoms with Crippen molar-refractivity contribution in [3.05, 3.63) is 48.0 Å². The van der Waals surface area contributed by atoms with Crippen LogP contribution in [0.2, 0.25) is 0 Å². The minimum absolute atomic E-state index is 0.0300. The zero-order valence-corrected chi connectivity index (χ0v) is 9.82. The summed E-state index contributed by atoms with van der Waals surface area (Å²) in [6.45, 7) is 0. The van der Waals surface area contributed by atoms with Gasteiger partial charge in [-0.1, -0.05) is 12.1 Å². The molecule has 0 heterocycles. The largest absolute Gasteiger partial charge is 0.508 e. The van der Waals surface area contributed by atoms with Gasteiger partial charge in [-0.15, -0.1) is 10.2 Å². The lowest BCUT2D eigenvalue weighted by molar-refractivity contribution is 0.0697. The molecule has 19 heavy (non-hydrogen) atoms. The molecule has 0 unspecified atom stereocenters. The summed E-state index contributed by atoms with van der Waals surface area (Å²) in [7, 11) is 0. The molecule has 0 radical (unpaired) electrons. The van der Waals surface area contributed by atoms with Gasteiger partial charge in [-0.25, -0.2) is 4.79 Å². The van der Waals surface area contributed by atoms with Crippen LogP contribution in [0.15, 0.2) is 52.7 Å². The molecule has 0 aliphatic rings. The van der Waals surface area contributed by atoms with Gasteiger partial charge < -0.3 is 15.9 Å². The van der Waals surface area contributed by atoms with E-state index in [0.717, 1.165) is 0 Å². The van der Waals surface area contributed by atoms with Crippen molar-refractivity contribution in [2.24, 2.45) is 10.2 Å². The van der Waals surface area contributed by atoms with E-state index < -0.39 is 5.97 Å². The van der Waals surface area contributed by atoms with E-state index in [1.54, 1.807) is 18.2 Å². The van der Waals surface area contributed by atoms with E-state index in [1.165, 1.54) is 24.3 Å². The molecule has 2 aromatic carbocycles. The zero-order chi connectivity index (χ0) is 13.8. The number of rotatable bonds is 3. The lowest BCUT2D eigenvalue weighted by Crippen LogP contribution is -1.95. The van der Waals surface area contributed by atoms with Gasteiger partial charge in [0.05, 0.1) is 11.3 Å². The monoisotopic (exact) mass is 257 g/mol. The standard InChI is InChI=1S/C13H11N3O3/c14-10-7-8(17)5-6-12(10)16-15-11-4-2-1-3-9(11)13(18)19/h1-7,17H,14H2,(H,18,19). The van der Waals surface area contributed by atoms with Crippen LogP contribution in [-0.4, -0.2) is 16.2 Å². The van der Waals surface area contributed by atoms with E-state index >= 15 is 0 Å². The molecule has 0 saturated carbocycles. The average Bonchev–Trinajstić information content (AvgIpc) is 2.38. The lowest BCUT2D eigenvalue weighted by Gasteiger charge is -2.01. The van der Waals surface area contributed by atoms with Crippen molar-refractivity contribution in [1.29, 1.82) is 0 Å². The number of carboxylic acid groups (broad SMARTS) is 1. The smallest absolute Gasteiger partial charge is 0.337 e. The molecule has 0 amide bonds. The first-order valence-corrected chi connectivity index (χ1v) is 5.40. The topological polar surface area (TPSA) is 108 Å². The van der Waals surface area contributed by atoms with Gasteiger partial charge >= 0.3 is 5.97 Å². The van der Waals surface area contributed by atoms with Gasteiger partial charge in [0.2, 0.25) is 0 Å². The normalized spacial score (nSPS) is 10.7. The van der Waals surface area contributed by atoms with E-state index in [2.05, 4.69) is 10.2 Å². The van der Waals surface area contributed by atoms with Gasteiger partial charge in [0, 0.05) is 6.07 Å². The number of benzene rings is 2. The van der Waals surface area contributed by atoms with Crippen molar-refractivity contribution in [3.63, 3.8) is 0 Å². The Bertz CT molecular complexity index is 653. The van der Waals surface area contributed by atoms with Gasteiger partial charge in [-0.05, 0) is 24.3 Å². The third-order valence-electron chi connectivity index (χ3n) is 2.41. The molecule has 0 saturated heterocycles. The number of nitrogens with two attached hydrogens (primary N) is 1. The number of azo groups is 1. The van der Waals surface area contributed by atoms with E-state index in [4.69, 9.17) is 10.8 Å². The Morgan fingerprint density at radius 2 is 1.74 bits per heavy atom. The Labute approximate surface area is 108 Å². The van der Waals surface area contributed by atoms with Crippen LogP contribution in [0.4, 0.5) is 17.1 Å². The molecule has 96 valence electrons. The Morgan fingerprint density at radius 1 is 1.05 bits per heavy atom. The van der Waals surface area contributed by atoms with Crippen LogP contribution < -0.4 is 5.73 Å². The van der Waals surface area contributed by atoms with Gasteiger partial charge in [0.1, 0.15) is 17.1 Å². The highest BCUT2D eigenvalue weighted by molar-refractivity contribution is 5.93. The first kappa shape index (κ1) is 12.6. The Kier molecular flexibility index (Phi) is 3.42. The molecule has 0 fully saturated rings. The third kappa shape index (κ3) is 2.86. The fraction of sp³-hybridized carbons (Fsp3) is 0. The highest BCUT2D eigenvalue weighted by Crippen LogP contribution is 2.28. The number of aromatic hydroxyl groups is 1. The average molecular weight is 257 g/mol. The highest BCUT2D eigenvalue weighted by atomic mass is 16.4. The molecule has 0 bridgehead atoms. The molecule has 6 nitrogen and oxygen atoms in total. The second kappa shape index (κ2) is 5.18. The number of anilines is 1. The second-order valence-electron chi connectivity index (χ2n) is 3.77. The molecular weight excluding hydrogens is 246 g/mol. The van der Waals surface area contributed by atoms with E-state index in [0.29, 0.717) is 5.69 Å². The lowest BCUT2D eigenvalue weighted by atomic mass is 10.2. The van der Waals surface area contributed by atoms with Crippen LogP contribution >= 0.6 is 0 Å². The van der Waals surface area contributed by atoms with Crippen molar-refractivity contribution in [2.75, 3.05) is 5.73 Å². The summed E-state index contributed by atoms with van der Waals surface area (Å²) in [6, 6.07) is 10.5. The van der Waals surface area contributed by atoms with Crippen LogP contribution in [0.3, 0.4) is 0 Å². The summed E-state index contributed by atoms with van der Waals surface area (Å²) in [4.78, 5) is 11.0. The maximum Gasteiger partial charge on any atom is 0.337 e. The number of carbonyl (C=O) groups is 1. The van der Waals surface area contributed by atoms with Crippen LogP contribution in [0.1, 0.15) is 10.4 Å². The summed E-state index contributed by atoms with van der Waals surface area (Å²) in [5.41, 5.74) is 6.57. The Morgan fingerprint density at radius 3 is 2.42 bits per heavy atom. The molecular formula is C13H11N3O3. The van der Waals surface area contributed by atoms with Gasteiger partial charge in [0.25, 0.3) is 0 Å². The second-order valence-corrected chi connectivity index (χ2v) is 3.77. The first-order valence-electron chi connectivity index (χ1n) is 5.40. The number of phenolic OH excluding ortho intramolecular Hbond substituents is 1. The number of hydrogen-bond donors (Lipinski definition) is 3. The number of hydrogen-bond acceptors (Lipinski definition) is 5. The third-order valence-corrected chi connectivity index (χ3v) is 2.41. The van der Waals surface area contributed by atoms with Crippen LogP contribution in [0.25, 0.3) is 0 Å². The minimum Gasteiger partial charge on any atom is -0.508 e. The van der Waals surface area contributed by atoms with Gasteiger partial charge in [-0.3, -0.25) is 0 Å². The molecule has 0 aliphatic carbocycles. The molecule has 2 aromatic rings. The van der Waals surface area contributed by atoms with Crippen molar-refractivity contribution < 1.29 is 15.0 Å². The zero-order valence-electron chi connectivity index (χ0n) is 9.82. The number of nitrogens with zero attached hydrogens (tertiary/aromatic N) is 2. The summed E-state index contributed by atoms with van der Waals surface area (Å²) >= 11 is 0. The summed E-state index contributed by atoms with van der Waals surface area (Å²) in [6.07, 6.45) is 0. The van der Waals surface area contributed by atoms with Crippen molar-refractivity contribution in [3.8, 4) is 5.75 Å². The SMILES string of the molecule is Nc1cc(O)ccc1N=Nc1ccccc1C(=O)O. The van der Waals surface area contributed by atoms with Crippen LogP contribution in [-0.2, 0) is 0 Å². The summed E-state index contributed by atoms with van der Waals surface area (Å²) in [5, 5.41) is 26.0. The van der Waals surface area contributed by atoms with Crippen molar-refractivity contribution >= 4 is 23.0 Å². The first-order chi connectivity index (χ1) is 9.08.